The summed E-state index contributed by atoms with van der Waals surface area (Å²) in [5.74, 6) is -0.483. The number of nitrogens with one attached hydrogen (secondary N) is 1. The number of pyridine rings is 1. The van der Waals surface area contributed by atoms with Gasteiger partial charge in [-0.2, -0.15) is 5.10 Å². The number of hydrogen-bond acceptors (Lipinski definition) is 7. The smallest absolute Gasteiger partial charge is 0.275 e. The van der Waals surface area contributed by atoms with Crippen LogP contribution in [0, 0.1) is 0 Å². The van der Waals surface area contributed by atoms with Crippen molar-refractivity contribution in [2.24, 2.45) is 7.05 Å². The molecule has 8 nitrogen and oxygen atoms in total. The number of thiazole rings is 1. The number of ketones is 1. The number of nitrogens with zero attached hydrogens (tertiary/aromatic N) is 4. The van der Waals surface area contributed by atoms with Crippen molar-refractivity contribution in [1.29, 1.82) is 0 Å². The molecule has 1 aliphatic rings. The minimum atomic E-state index is -0.366. The molecule has 4 heterocycles. The van der Waals surface area contributed by atoms with E-state index in [1.807, 2.05) is 12.1 Å². The van der Waals surface area contributed by atoms with Crippen LogP contribution in [-0.2, 0) is 18.2 Å². The summed E-state index contributed by atoms with van der Waals surface area (Å²) in [6, 6.07) is 3.92. The van der Waals surface area contributed by atoms with Gasteiger partial charge in [-0.05, 0) is 37.8 Å². The van der Waals surface area contributed by atoms with Gasteiger partial charge in [-0.25, -0.2) is 4.98 Å². The molecule has 0 radical (unpaired) electrons. The highest BCUT2D eigenvalue weighted by Crippen LogP contribution is 2.25. The van der Waals surface area contributed by atoms with Gasteiger partial charge in [-0.3, -0.25) is 19.3 Å². The molecule has 0 spiro atoms. The summed E-state index contributed by atoms with van der Waals surface area (Å²) in [6.07, 6.45) is 7.10. The maximum atomic E-state index is 12.7. The summed E-state index contributed by atoms with van der Waals surface area (Å²) in [5, 5.41) is 9.49. The van der Waals surface area contributed by atoms with E-state index < -0.39 is 0 Å². The van der Waals surface area contributed by atoms with Gasteiger partial charge in [0.05, 0.1) is 5.69 Å². The number of aryl methyl sites for hydroxylation is 2. The van der Waals surface area contributed by atoms with Crippen LogP contribution in [0.1, 0.15) is 52.4 Å². The maximum Gasteiger partial charge on any atom is 0.275 e. The van der Waals surface area contributed by atoms with Crippen molar-refractivity contribution in [2.45, 2.75) is 32.1 Å². The molecular weight excluding hydrogens is 402 g/mol. The van der Waals surface area contributed by atoms with Crippen molar-refractivity contribution in [3.63, 3.8) is 0 Å². The summed E-state index contributed by atoms with van der Waals surface area (Å²) in [5.41, 5.74) is 2.90. The van der Waals surface area contributed by atoms with Crippen molar-refractivity contribution >= 4 is 28.7 Å². The van der Waals surface area contributed by atoms with Gasteiger partial charge in [0, 0.05) is 55.7 Å². The first-order chi connectivity index (χ1) is 14.6. The molecule has 0 atom stereocenters. The number of Topliss-reactive ketones (excluding diaryl/α,β-unsaturated/α-hetero) is 1. The van der Waals surface area contributed by atoms with E-state index in [4.69, 9.17) is 4.74 Å². The Bertz CT molecular complexity index is 1060. The second kappa shape index (κ2) is 9.27. The summed E-state index contributed by atoms with van der Waals surface area (Å²) < 4.78 is 7.18. The summed E-state index contributed by atoms with van der Waals surface area (Å²) in [6.45, 7) is 1.18. The van der Waals surface area contributed by atoms with Gasteiger partial charge < -0.3 is 10.1 Å². The monoisotopic (exact) mass is 425 g/mol. The fourth-order valence-corrected chi connectivity index (χ4v) is 4.09. The van der Waals surface area contributed by atoms with Crippen LogP contribution >= 0.6 is 11.3 Å². The average molecular weight is 426 g/mol. The van der Waals surface area contributed by atoms with Crippen molar-refractivity contribution in [1.82, 2.24) is 19.7 Å². The molecule has 1 aliphatic heterocycles. The number of ether oxygens (including phenoxy) is 1. The van der Waals surface area contributed by atoms with Gasteiger partial charge in [0.25, 0.3) is 5.91 Å². The molecule has 9 heteroatoms. The number of fused-ring (bicyclic) bond motifs is 6. The van der Waals surface area contributed by atoms with Crippen LogP contribution in [0.15, 0.2) is 29.9 Å². The zero-order valence-electron chi connectivity index (χ0n) is 16.8. The summed E-state index contributed by atoms with van der Waals surface area (Å²) in [4.78, 5) is 34.3. The number of rotatable bonds is 0. The van der Waals surface area contributed by atoms with Gasteiger partial charge in [-0.15, -0.1) is 11.3 Å². The van der Waals surface area contributed by atoms with E-state index in [0.717, 1.165) is 35.5 Å². The Kier molecular flexibility index (Phi) is 6.29. The lowest BCUT2D eigenvalue weighted by molar-refractivity contribution is 0.0929. The third-order valence-corrected chi connectivity index (χ3v) is 5.70. The first kappa shape index (κ1) is 20.4. The predicted octanol–water partition coefficient (Wildman–Crippen LogP) is 3.51. The molecule has 156 valence electrons. The lowest BCUT2D eigenvalue weighted by Gasteiger charge is -2.05. The average Bonchev–Trinajstić information content (AvgIpc) is 3.36. The van der Waals surface area contributed by atoms with E-state index in [2.05, 4.69) is 20.4 Å². The molecular formula is C21H23N5O3S. The molecule has 0 fully saturated rings. The fourth-order valence-electron chi connectivity index (χ4n) is 3.30. The summed E-state index contributed by atoms with van der Waals surface area (Å²) in [7, 11) is 1.72. The second-order valence-corrected chi connectivity index (χ2v) is 8.05. The SMILES string of the molecule is Cn1cc2c(n1)C(=O)CCCOCCCCc1cc(ccn1)-c1nc(cs1)C(=O)N2. The molecule has 0 aliphatic carbocycles. The van der Waals surface area contributed by atoms with E-state index >= 15 is 0 Å². The quantitative estimate of drug-likeness (QED) is 0.592. The summed E-state index contributed by atoms with van der Waals surface area (Å²) >= 11 is 1.40. The molecule has 4 rings (SSSR count). The van der Waals surface area contributed by atoms with Crippen molar-refractivity contribution in [2.75, 3.05) is 18.5 Å². The van der Waals surface area contributed by atoms with Crippen molar-refractivity contribution in [3.8, 4) is 10.6 Å². The van der Waals surface area contributed by atoms with Crippen LogP contribution in [0.3, 0.4) is 0 Å². The van der Waals surface area contributed by atoms with E-state index in [0.29, 0.717) is 37.4 Å². The van der Waals surface area contributed by atoms with Crippen molar-refractivity contribution < 1.29 is 14.3 Å². The highest BCUT2D eigenvalue weighted by molar-refractivity contribution is 7.13. The van der Waals surface area contributed by atoms with Gasteiger partial charge in [0.1, 0.15) is 10.7 Å². The van der Waals surface area contributed by atoms with E-state index in [1.54, 1.807) is 24.8 Å². The Labute approximate surface area is 178 Å². The number of anilines is 1. The Balaban J connectivity index is 1.61. The van der Waals surface area contributed by atoms with E-state index in [9.17, 15) is 9.59 Å². The Hall–Kier alpha value is -2.91. The van der Waals surface area contributed by atoms with Crippen LogP contribution in [-0.4, -0.2) is 44.7 Å². The molecule has 0 saturated carbocycles. The first-order valence-electron chi connectivity index (χ1n) is 9.97. The van der Waals surface area contributed by atoms with Crippen LogP contribution in [0.5, 0.6) is 0 Å². The van der Waals surface area contributed by atoms with Gasteiger partial charge >= 0.3 is 0 Å². The minimum absolute atomic E-state index is 0.117. The molecule has 1 N–H and O–H groups in total. The van der Waals surface area contributed by atoms with Crippen molar-refractivity contribution in [3.05, 3.63) is 47.0 Å². The third-order valence-electron chi connectivity index (χ3n) is 4.81. The Morgan fingerprint density at radius 3 is 2.93 bits per heavy atom. The predicted molar refractivity (Wildman–Crippen MR) is 114 cm³/mol. The number of hydrogen-bond donors (Lipinski definition) is 1. The van der Waals surface area contributed by atoms with Crippen LogP contribution in [0.4, 0.5) is 5.69 Å². The van der Waals surface area contributed by atoms with Gasteiger partial charge in [-0.1, -0.05) is 0 Å². The zero-order valence-corrected chi connectivity index (χ0v) is 17.6. The highest BCUT2D eigenvalue weighted by Gasteiger charge is 2.20. The molecule has 30 heavy (non-hydrogen) atoms. The number of carbonyl (C=O) groups excluding carboxylic acids is 2. The highest BCUT2D eigenvalue weighted by atomic mass is 32.1. The molecule has 0 saturated heterocycles. The van der Waals surface area contributed by atoms with E-state index in [-0.39, 0.29) is 17.4 Å². The molecule has 0 unspecified atom stereocenters. The lowest BCUT2D eigenvalue weighted by Crippen LogP contribution is -2.15. The van der Waals surface area contributed by atoms with Gasteiger partial charge in [0.2, 0.25) is 0 Å². The largest absolute Gasteiger partial charge is 0.381 e. The second-order valence-electron chi connectivity index (χ2n) is 7.19. The Morgan fingerprint density at radius 2 is 2.03 bits per heavy atom. The van der Waals surface area contributed by atoms with Crippen LogP contribution in [0.2, 0.25) is 0 Å². The lowest BCUT2D eigenvalue weighted by atomic mass is 10.1. The standard InChI is InChI=1S/C21H23N5O3S/c1-26-12-16-19(25-26)18(27)6-4-10-29-9-3-2-5-15-11-14(7-8-22-15)21-24-17(13-30-21)20(28)23-16/h7-8,11-13H,2-6,9-10H2,1H3,(H,23,28). The first-order valence-corrected chi connectivity index (χ1v) is 10.8. The molecule has 3 aromatic heterocycles. The fraction of sp³-hybridized carbons (Fsp3) is 0.381. The normalized spacial score (nSPS) is 16.2. The van der Waals surface area contributed by atoms with E-state index in [1.165, 1.54) is 16.0 Å². The topological polar surface area (TPSA) is 99.0 Å². The molecule has 4 bridgehead atoms. The number of amides is 1. The zero-order chi connectivity index (χ0) is 20.9. The molecule has 1 amide bonds. The maximum absolute atomic E-state index is 12.7. The van der Waals surface area contributed by atoms with Crippen LogP contribution in [0.25, 0.3) is 10.6 Å². The van der Waals surface area contributed by atoms with Crippen LogP contribution < -0.4 is 5.32 Å². The number of aromatic nitrogens is 4. The third kappa shape index (κ3) is 4.80. The molecule has 0 aromatic carbocycles. The van der Waals surface area contributed by atoms with Gasteiger partial charge in [0.15, 0.2) is 11.5 Å². The minimum Gasteiger partial charge on any atom is -0.381 e. The Morgan fingerprint density at radius 1 is 1.17 bits per heavy atom. The molecule has 3 aromatic rings. The number of carbonyl (C=O) groups is 2.